The summed E-state index contributed by atoms with van der Waals surface area (Å²) in [5.74, 6) is 0.217. The second-order valence-electron chi connectivity index (χ2n) is 5.17. The Kier molecular flexibility index (Phi) is 4.93. The zero-order valence-corrected chi connectivity index (χ0v) is 11.6. The molecule has 19 heavy (non-hydrogen) atoms. The largest absolute Gasteiger partial charge is 0.337 e. The van der Waals surface area contributed by atoms with Gasteiger partial charge in [0.15, 0.2) is 0 Å². The van der Waals surface area contributed by atoms with Crippen molar-refractivity contribution in [1.82, 2.24) is 9.80 Å². The minimum absolute atomic E-state index is 0.0591. The van der Waals surface area contributed by atoms with Gasteiger partial charge in [0.05, 0.1) is 6.04 Å². The number of carbonyl (C=O) groups is 1. The molecule has 1 unspecified atom stereocenters. The lowest BCUT2D eigenvalue weighted by Gasteiger charge is -2.27. The lowest BCUT2D eigenvalue weighted by Crippen LogP contribution is -2.45. The number of benzene rings is 1. The Morgan fingerprint density at radius 3 is 2.68 bits per heavy atom. The Morgan fingerprint density at radius 1 is 1.26 bits per heavy atom. The smallest absolute Gasteiger partial charge is 0.240 e. The maximum absolute atomic E-state index is 12.6. The number of likely N-dealkylation sites (N-methyl/N-ethyl adjacent to an activating group) is 1. The van der Waals surface area contributed by atoms with E-state index in [1.54, 1.807) is 0 Å². The molecule has 2 N–H and O–H groups in total. The van der Waals surface area contributed by atoms with E-state index in [2.05, 4.69) is 17.0 Å². The molecule has 1 aromatic carbocycles. The summed E-state index contributed by atoms with van der Waals surface area (Å²) in [6, 6.07) is 10.1. The molecule has 1 fully saturated rings. The van der Waals surface area contributed by atoms with Crippen molar-refractivity contribution in [1.29, 1.82) is 0 Å². The van der Waals surface area contributed by atoms with Crippen molar-refractivity contribution < 1.29 is 4.79 Å². The number of nitrogens with zero attached hydrogens (tertiary/aromatic N) is 2. The fourth-order valence-electron chi connectivity index (χ4n) is 2.64. The highest BCUT2D eigenvalue weighted by atomic mass is 16.2. The highest BCUT2D eigenvalue weighted by Crippen LogP contribution is 2.15. The van der Waals surface area contributed by atoms with E-state index >= 15 is 0 Å². The van der Waals surface area contributed by atoms with Crippen LogP contribution in [0.3, 0.4) is 0 Å². The molecule has 0 saturated carbocycles. The number of hydrogen-bond acceptors (Lipinski definition) is 3. The van der Waals surface area contributed by atoms with E-state index in [-0.39, 0.29) is 11.9 Å². The minimum atomic E-state index is -0.0591. The van der Waals surface area contributed by atoms with Crippen LogP contribution in [0, 0.1) is 0 Å². The van der Waals surface area contributed by atoms with Gasteiger partial charge in [-0.25, -0.2) is 0 Å². The molecule has 0 spiro atoms. The van der Waals surface area contributed by atoms with Crippen molar-refractivity contribution in [3.63, 3.8) is 0 Å². The molecule has 0 bridgehead atoms. The third-order valence-electron chi connectivity index (χ3n) is 3.72. The average molecular weight is 261 g/mol. The van der Waals surface area contributed by atoms with Crippen molar-refractivity contribution in [3.05, 3.63) is 35.9 Å². The predicted octanol–water partition coefficient (Wildman–Crippen LogP) is 1.07. The van der Waals surface area contributed by atoms with Gasteiger partial charge in [0.2, 0.25) is 5.91 Å². The van der Waals surface area contributed by atoms with E-state index < -0.39 is 0 Å². The Balaban J connectivity index is 2.09. The molecular formula is C15H23N3O. The normalized spacial score (nSPS) is 21.5. The minimum Gasteiger partial charge on any atom is -0.337 e. The maximum Gasteiger partial charge on any atom is 0.240 e. The molecule has 4 nitrogen and oxygen atoms in total. The van der Waals surface area contributed by atoms with E-state index in [0.717, 1.165) is 25.9 Å². The highest BCUT2D eigenvalue weighted by molar-refractivity contribution is 5.82. The molecule has 0 aliphatic carbocycles. The number of amides is 1. The van der Waals surface area contributed by atoms with E-state index in [1.165, 1.54) is 5.56 Å². The molecular weight excluding hydrogens is 238 g/mol. The third kappa shape index (κ3) is 3.55. The van der Waals surface area contributed by atoms with Crippen molar-refractivity contribution >= 4 is 5.91 Å². The molecule has 104 valence electrons. The summed E-state index contributed by atoms with van der Waals surface area (Å²) in [7, 11) is 2.02. The van der Waals surface area contributed by atoms with Crippen molar-refractivity contribution in [2.24, 2.45) is 5.73 Å². The van der Waals surface area contributed by atoms with Crippen LogP contribution in [-0.4, -0.2) is 48.4 Å². The Bertz CT molecular complexity index is 407. The molecule has 1 aromatic rings. The van der Waals surface area contributed by atoms with Crippen LogP contribution in [0.5, 0.6) is 0 Å². The van der Waals surface area contributed by atoms with E-state index in [1.807, 2.05) is 30.1 Å². The van der Waals surface area contributed by atoms with Crippen molar-refractivity contribution in [3.8, 4) is 0 Å². The lowest BCUT2D eigenvalue weighted by molar-refractivity contribution is -0.135. The van der Waals surface area contributed by atoms with E-state index in [0.29, 0.717) is 13.1 Å². The van der Waals surface area contributed by atoms with Crippen LogP contribution < -0.4 is 5.73 Å². The van der Waals surface area contributed by atoms with Gasteiger partial charge in [-0.1, -0.05) is 30.3 Å². The van der Waals surface area contributed by atoms with Gasteiger partial charge < -0.3 is 10.6 Å². The molecule has 1 saturated heterocycles. The number of carbonyl (C=O) groups excluding carboxylic acids is 1. The first-order chi connectivity index (χ1) is 9.22. The van der Waals surface area contributed by atoms with Crippen LogP contribution in [-0.2, 0) is 11.3 Å². The van der Waals surface area contributed by atoms with Crippen LogP contribution in [0.4, 0.5) is 0 Å². The molecule has 0 radical (unpaired) electrons. The fraction of sp³-hybridized carbons (Fsp3) is 0.533. The summed E-state index contributed by atoms with van der Waals surface area (Å²) in [6.07, 6.45) is 1.76. The van der Waals surface area contributed by atoms with Gasteiger partial charge in [0.25, 0.3) is 0 Å². The first kappa shape index (κ1) is 14.0. The monoisotopic (exact) mass is 261 g/mol. The Morgan fingerprint density at radius 2 is 2.00 bits per heavy atom. The zero-order valence-electron chi connectivity index (χ0n) is 11.6. The summed E-state index contributed by atoms with van der Waals surface area (Å²) in [4.78, 5) is 16.7. The molecule has 1 amide bonds. The standard InChI is InChI=1S/C15H23N3O/c1-17-10-5-11-18(15(19)14(17)8-9-16)12-13-6-3-2-4-7-13/h2-4,6-7,14H,5,8-12,16H2,1H3. The van der Waals surface area contributed by atoms with Gasteiger partial charge >= 0.3 is 0 Å². The number of rotatable bonds is 4. The molecule has 0 aromatic heterocycles. The first-order valence-corrected chi connectivity index (χ1v) is 6.95. The summed E-state index contributed by atoms with van der Waals surface area (Å²) < 4.78 is 0. The number of nitrogens with two attached hydrogens (primary N) is 1. The average Bonchev–Trinajstić information content (AvgIpc) is 2.55. The Hall–Kier alpha value is -1.39. The van der Waals surface area contributed by atoms with Crippen molar-refractivity contribution in [2.45, 2.75) is 25.4 Å². The summed E-state index contributed by atoms with van der Waals surface area (Å²) in [5, 5.41) is 0. The molecule has 1 atom stereocenters. The molecule has 2 rings (SSSR count). The van der Waals surface area contributed by atoms with Crippen molar-refractivity contribution in [2.75, 3.05) is 26.7 Å². The summed E-state index contributed by atoms with van der Waals surface area (Å²) in [5.41, 5.74) is 6.82. The van der Waals surface area contributed by atoms with Gasteiger partial charge in [0.1, 0.15) is 0 Å². The SMILES string of the molecule is CN1CCCN(Cc2ccccc2)C(=O)C1CCN. The van der Waals surface area contributed by atoms with Crippen LogP contribution >= 0.6 is 0 Å². The maximum atomic E-state index is 12.6. The second kappa shape index (κ2) is 6.68. The molecule has 1 aliphatic rings. The quantitative estimate of drug-likeness (QED) is 0.882. The summed E-state index contributed by atoms with van der Waals surface area (Å²) in [6.45, 7) is 3.05. The molecule has 1 heterocycles. The number of hydrogen-bond donors (Lipinski definition) is 1. The third-order valence-corrected chi connectivity index (χ3v) is 3.72. The second-order valence-corrected chi connectivity index (χ2v) is 5.17. The fourth-order valence-corrected chi connectivity index (χ4v) is 2.64. The topological polar surface area (TPSA) is 49.6 Å². The van der Waals surface area contributed by atoms with Crippen LogP contribution in [0.15, 0.2) is 30.3 Å². The predicted molar refractivity (Wildman–Crippen MR) is 76.6 cm³/mol. The van der Waals surface area contributed by atoms with E-state index in [9.17, 15) is 4.79 Å². The lowest BCUT2D eigenvalue weighted by atomic mass is 10.1. The summed E-state index contributed by atoms with van der Waals surface area (Å²) >= 11 is 0. The van der Waals surface area contributed by atoms with Gasteiger partial charge in [-0.15, -0.1) is 0 Å². The van der Waals surface area contributed by atoms with Gasteiger partial charge in [-0.3, -0.25) is 9.69 Å². The Labute approximate surface area is 115 Å². The van der Waals surface area contributed by atoms with Crippen LogP contribution in [0.2, 0.25) is 0 Å². The molecule has 4 heteroatoms. The van der Waals surface area contributed by atoms with Crippen LogP contribution in [0.1, 0.15) is 18.4 Å². The van der Waals surface area contributed by atoms with Gasteiger partial charge in [-0.2, -0.15) is 0 Å². The molecule has 1 aliphatic heterocycles. The first-order valence-electron chi connectivity index (χ1n) is 6.95. The zero-order chi connectivity index (χ0) is 13.7. The van der Waals surface area contributed by atoms with Crippen LogP contribution in [0.25, 0.3) is 0 Å². The highest BCUT2D eigenvalue weighted by Gasteiger charge is 2.29. The van der Waals surface area contributed by atoms with Gasteiger partial charge in [0, 0.05) is 19.6 Å². The van der Waals surface area contributed by atoms with Gasteiger partial charge in [-0.05, 0) is 32.0 Å². The van der Waals surface area contributed by atoms with E-state index in [4.69, 9.17) is 5.73 Å².